The lowest BCUT2D eigenvalue weighted by molar-refractivity contribution is 0.252. The largest absolute Gasteiger partial charge is 0.369 e. The van der Waals surface area contributed by atoms with Crippen molar-refractivity contribution in [2.45, 2.75) is 51.1 Å². The van der Waals surface area contributed by atoms with E-state index in [0.29, 0.717) is 18.5 Å². The summed E-state index contributed by atoms with van der Waals surface area (Å²) in [6, 6.07) is 15.1. The van der Waals surface area contributed by atoms with Crippen LogP contribution < -0.4 is 10.6 Å². The van der Waals surface area contributed by atoms with Gasteiger partial charge in [0.1, 0.15) is 5.82 Å². The van der Waals surface area contributed by atoms with E-state index in [-0.39, 0.29) is 18.2 Å². The number of halogens is 2. The van der Waals surface area contributed by atoms with Gasteiger partial charge in [0.25, 0.3) is 0 Å². The molecule has 2 fully saturated rings. The van der Waals surface area contributed by atoms with Gasteiger partial charge < -0.3 is 15.5 Å². The second-order valence-electron chi connectivity index (χ2n) is 11.0. The molecule has 0 amide bonds. The van der Waals surface area contributed by atoms with E-state index in [2.05, 4.69) is 58.0 Å². The molecule has 2 atom stereocenters. The Morgan fingerprint density at radius 3 is 2.24 bits per heavy atom. The number of likely N-dealkylation sites (tertiary alicyclic amines) is 1. The topological polar surface area (TPSA) is 39.0 Å². The van der Waals surface area contributed by atoms with E-state index in [0.717, 1.165) is 63.4 Å². The molecule has 0 saturated carbocycles. The van der Waals surface area contributed by atoms with Crippen LogP contribution in [0.3, 0.4) is 0 Å². The summed E-state index contributed by atoms with van der Waals surface area (Å²) in [7, 11) is 4.34. The summed E-state index contributed by atoms with van der Waals surface area (Å²) in [5.41, 5.74) is 10.2. The van der Waals surface area contributed by atoms with E-state index in [1.807, 2.05) is 13.0 Å². The molecule has 2 N–H and O–H groups in total. The third-order valence-electron chi connectivity index (χ3n) is 8.25. The third-order valence-corrected chi connectivity index (χ3v) is 8.25. The maximum absolute atomic E-state index is 14.5. The Morgan fingerprint density at radius 1 is 0.892 bits per heavy atom. The van der Waals surface area contributed by atoms with Gasteiger partial charge in [-0.15, -0.1) is 12.4 Å². The van der Waals surface area contributed by atoms with Gasteiger partial charge in [-0.1, -0.05) is 37.1 Å². The minimum absolute atomic E-state index is 0. The van der Waals surface area contributed by atoms with Crippen molar-refractivity contribution < 1.29 is 4.39 Å². The lowest BCUT2D eigenvalue weighted by Gasteiger charge is -2.36. The number of nitrogens with zero attached hydrogens (tertiary/aromatic N) is 4. The number of likely N-dealkylation sites (N-methyl/N-ethyl adjacent to an activating group) is 1. The van der Waals surface area contributed by atoms with E-state index in [1.54, 1.807) is 12.1 Å². The summed E-state index contributed by atoms with van der Waals surface area (Å²) in [6.45, 7) is 11.1. The molecule has 0 aromatic heterocycles. The zero-order valence-electron chi connectivity index (χ0n) is 23.0. The molecule has 2 aliphatic heterocycles. The summed E-state index contributed by atoms with van der Waals surface area (Å²) in [5, 5.41) is 0. The summed E-state index contributed by atoms with van der Waals surface area (Å²) in [5.74, 6) is 0.341. The SMILES string of the molecule is Cc1cccc(F)c1CN1C[C@H](c2ccc(N3CCN(CCCCCCN)CC3)cc2)[C@@H](N(C)C)C1.Cl. The third kappa shape index (κ3) is 7.90. The molecule has 2 saturated heterocycles. The van der Waals surface area contributed by atoms with Crippen LogP contribution in [-0.4, -0.2) is 87.2 Å². The molecule has 0 bridgehead atoms. The Morgan fingerprint density at radius 2 is 1.59 bits per heavy atom. The summed E-state index contributed by atoms with van der Waals surface area (Å²) >= 11 is 0. The number of hydrogen-bond donors (Lipinski definition) is 1. The fourth-order valence-corrected chi connectivity index (χ4v) is 5.93. The molecular weight excluding hydrogens is 485 g/mol. The van der Waals surface area contributed by atoms with Crippen LogP contribution in [0.5, 0.6) is 0 Å². The monoisotopic (exact) mass is 531 g/mol. The number of hydrogen-bond acceptors (Lipinski definition) is 5. The van der Waals surface area contributed by atoms with Crippen molar-refractivity contribution in [1.29, 1.82) is 0 Å². The van der Waals surface area contributed by atoms with E-state index in [4.69, 9.17) is 5.73 Å². The van der Waals surface area contributed by atoms with Crippen molar-refractivity contribution in [3.05, 3.63) is 65.0 Å². The molecule has 0 aliphatic carbocycles. The fraction of sp³-hybridized carbons (Fsp3) is 0.600. The highest BCUT2D eigenvalue weighted by Gasteiger charge is 2.35. The van der Waals surface area contributed by atoms with Gasteiger partial charge in [-0.3, -0.25) is 9.80 Å². The number of benzene rings is 2. The summed E-state index contributed by atoms with van der Waals surface area (Å²) < 4.78 is 14.5. The Kier molecular flexibility index (Phi) is 11.7. The molecule has 0 radical (unpaired) electrons. The number of aryl methyl sites for hydroxylation is 1. The molecular formula is C30H47ClFN5. The van der Waals surface area contributed by atoms with E-state index < -0.39 is 0 Å². The van der Waals surface area contributed by atoms with Crippen LogP contribution in [-0.2, 0) is 6.54 Å². The first-order valence-corrected chi connectivity index (χ1v) is 13.9. The van der Waals surface area contributed by atoms with Crippen molar-refractivity contribution in [3.8, 4) is 0 Å². The van der Waals surface area contributed by atoms with Crippen LogP contribution >= 0.6 is 12.4 Å². The van der Waals surface area contributed by atoms with Gasteiger partial charge in [0.2, 0.25) is 0 Å². The standard InChI is InChI=1S/C30H46FN5.ClH/c1-24-9-8-10-29(31)27(24)21-35-22-28(30(23-35)33(2)3)25-11-13-26(14-12-25)36-19-17-34(18-20-36)16-7-5-4-6-15-32;/h8-14,28,30H,4-7,15-23,32H2,1-3H3;1H/t28-,30+;/m1./s1. The van der Waals surface area contributed by atoms with Crippen LogP contribution in [0, 0.1) is 12.7 Å². The quantitative estimate of drug-likeness (QED) is 0.424. The molecule has 2 aromatic carbocycles. The molecule has 5 nitrogen and oxygen atoms in total. The molecule has 0 unspecified atom stereocenters. The zero-order chi connectivity index (χ0) is 25.5. The van der Waals surface area contributed by atoms with E-state index in [9.17, 15) is 4.39 Å². The molecule has 2 aliphatic rings. The lowest BCUT2D eigenvalue weighted by Crippen LogP contribution is -2.46. The van der Waals surface area contributed by atoms with Crippen molar-refractivity contribution >= 4 is 18.1 Å². The van der Waals surface area contributed by atoms with Crippen LogP contribution in [0.25, 0.3) is 0 Å². The molecule has 7 heteroatoms. The number of rotatable bonds is 11. The minimum atomic E-state index is -0.0871. The van der Waals surface area contributed by atoms with E-state index >= 15 is 0 Å². The van der Waals surface area contributed by atoms with Crippen LogP contribution in [0.2, 0.25) is 0 Å². The van der Waals surface area contributed by atoms with Crippen LogP contribution in [0.1, 0.15) is 48.3 Å². The zero-order valence-corrected chi connectivity index (χ0v) is 23.9. The summed E-state index contributed by atoms with van der Waals surface area (Å²) in [4.78, 5) is 9.89. The second kappa shape index (κ2) is 14.5. The van der Waals surface area contributed by atoms with Crippen molar-refractivity contribution in [2.75, 3.05) is 71.4 Å². The maximum Gasteiger partial charge on any atom is 0.127 e. The van der Waals surface area contributed by atoms with Gasteiger partial charge in [0.05, 0.1) is 0 Å². The molecule has 37 heavy (non-hydrogen) atoms. The highest BCUT2D eigenvalue weighted by Crippen LogP contribution is 2.33. The van der Waals surface area contributed by atoms with E-state index in [1.165, 1.54) is 37.1 Å². The van der Waals surface area contributed by atoms with Crippen molar-refractivity contribution in [3.63, 3.8) is 0 Å². The predicted molar refractivity (Wildman–Crippen MR) is 156 cm³/mol. The second-order valence-corrected chi connectivity index (χ2v) is 11.0. The van der Waals surface area contributed by atoms with Crippen molar-refractivity contribution in [2.24, 2.45) is 5.73 Å². The molecule has 0 spiro atoms. The Balaban J connectivity index is 0.00000380. The Labute approximate surface area is 230 Å². The number of anilines is 1. The molecule has 2 heterocycles. The predicted octanol–water partition coefficient (Wildman–Crippen LogP) is 4.73. The average molecular weight is 532 g/mol. The van der Waals surface area contributed by atoms with Gasteiger partial charge >= 0.3 is 0 Å². The highest BCUT2D eigenvalue weighted by atomic mass is 35.5. The first kappa shape index (κ1) is 29.9. The van der Waals surface area contributed by atoms with Gasteiger partial charge in [0, 0.05) is 69.0 Å². The number of unbranched alkanes of at least 4 members (excludes halogenated alkanes) is 3. The first-order valence-electron chi connectivity index (χ1n) is 13.9. The maximum atomic E-state index is 14.5. The van der Waals surface area contributed by atoms with Crippen LogP contribution in [0.15, 0.2) is 42.5 Å². The lowest BCUT2D eigenvalue weighted by atomic mass is 9.93. The number of piperazine rings is 1. The molecule has 4 rings (SSSR count). The Hall–Kier alpha value is -1.70. The Bertz CT molecular complexity index is 925. The van der Waals surface area contributed by atoms with Gasteiger partial charge in [0.15, 0.2) is 0 Å². The van der Waals surface area contributed by atoms with Gasteiger partial charge in [-0.25, -0.2) is 4.39 Å². The fourth-order valence-electron chi connectivity index (χ4n) is 5.93. The average Bonchev–Trinajstić information content (AvgIpc) is 3.31. The first-order chi connectivity index (χ1) is 17.5. The molecule has 206 valence electrons. The van der Waals surface area contributed by atoms with Crippen LogP contribution in [0.4, 0.5) is 10.1 Å². The molecule has 2 aromatic rings. The smallest absolute Gasteiger partial charge is 0.127 e. The highest BCUT2D eigenvalue weighted by molar-refractivity contribution is 5.85. The minimum Gasteiger partial charge on any atom is -0.369 e. The number of nitrogens with two attached hydrogens (primary N) is 1. The van der Waals surface area contributed by atoms with Gasteiger partial charge in [-0.05, 0) is 76.3 Å². The normalized spacial score (nSPS) is 21.0. The summed E-state index contributed by atoms with van der Waals surface area (Å²) in [6.07, 6.45) is 5.00. The van der Waals surface area contributed by atoms with Gasteiger partial charge in [-0.2, -0.15) is 0 Å². The van der Waals surface area contributed by atoms with Crippen molar-refractivity contribution in [1.82, 2.24) is 14.7 Å².